The first kappa shape index (κ1) is 15.9. The Hall–Kier alpha value is -2.97. The summed E-state index contributed by atoms with van der Waals surface area (Å²) in [6, 6.07) is 16.0. The Morgan fingerprint density at radius 2 is 1.96 bits per heavy atom. The summed E-state index contributed by atoms with van der Waals surface area (Å²) in [7, 11) is 1.61. The van der Waals surface area contributed by atoms with Gasteiger partial charge in [0.15, 0.2) is 0 Å². The third-order valence-electron chi connectivity index (χ3n) is 3.45. The molecule has 0 radical (unpaired) electrons. The number of thiazole rings is 1. The van der Waals surface area contributed by atoms with Gasteiger partial charge in [-0.05, 0) is 36.4 Å². The number of aromatic nitrogens is 1. The average Bonchev–Trinajstić information content (AvgIpc) is 3.11. The highest BCUT2D eigenvalue weighted by molar-refractivity contribution is 7.11. The molecule has 0 bridgehead atoms. The maximum absolute atomic E-state index is 13.8. The Morgan fingerprint density at radius 3 is 2.62 bits per heavy atom. The number of ether oxygens (including phenoxy) is 1. The van der Waals surface area contributed by atoms with E-state index in [-0.39, 0.29) is 5.82 Å². The lowest BCUT2D eigenvalue weighted by Gasteiger charge is -2.00. The fourth-order valence-corrected chi connectivity index (χ4v) is 2.98. The Bertz CT molecular complexity index is 923. The standard InChI is InChI=1S/C19H13FN2OS/c1-23-16-8-6-13(7-9-16)18-12-24-19(22-18)15(11-21)10-14-4-2-3-5-17(14)20/h2-10,12H,1H3/b15-10+. The number of benzene rings is 2. The number of hydrogen-bond acceptors (Lipinski definition) is 4. The molecule has 0 aliphatic rings. The molecule has 0 saturated carbocycles. The molecule has 0 aliphatic carbocycles. The molecular formula is C19H13FN2OS. The lowest BCUT2D eigenvalue weighted by Crippen LogP contribution is -1.86. The van der Waals surface area contributed by atoms with Crippen molar-refractivity contribution in [2.45, 2.75) is 0 Å². The van der Waals surface area contributed by atoms with Crippen LogP contribution in [0.4, 0.5) is 4.39 Å². The normalized spacial score (nSPS) is 11.1. The lowest BCUT2D eigenvalue weighted by atomic mass is 10.1. The van der Waals surface area contributed by atoms with Crippen LogP contribution in [-0.4, -0.2) is 12.1 Å². The summed E-state index contributed by atoms with van der Waals surface area (Å²) >= 11 is 1.36. The average molecular weight is 336 g/mol. The number of allylic oxidation sites excluding steroid dienone is 1. The maximum Gasteiger partial charge on any atom is 0.134 e. The van der Waals surface area contributed by atoms with E-state index in [2.05, 4.69) is 11.1 Å². The number of methoxy groups -OCH3 is 1. The Kier molecular flexibility index (Phi) is 4.69. The van der Waals surface area contributed by atoms with E-state index >= 15 is 0 Å². The van der Waals surface area contributed by atoms with Crippen LogP contribution in [-0.2, 0) is 0 Å². The Balaban J connectivity index is 1.93. The zero-order chi connectivity index (χ0) is 16.9. The van der Waals surface area contributed by atoms with Crippen molar-refractivity contribution in [2.24, 2.45) is 0 Å². The first-order valence-electron chi connectivity index (χ1n) is 7.18. The van der Waals surface area contributed by atoms with E-state index in [9.17, 15) is 9.65 Å². The van der Waals surface area contributed by atoms with Crippen LogP contribution in [0.1, 0.15) is 10.6 Å². The van der Waals surface area contributed by atoms with E-state index in [4.69, 9.17) is 4.74 Å². The predicted octanol–water partition coefficient (Wildman–Crippen LogP) is 5.02. The second kappa shape index (κ2) is 7.07. The van der Waals surface area contributed by atoms with Gasteiger partial charge in [0.05, 0.1) is 18.4 Å². The second-order valence-electron chi connectivity index (χ2n) is 4.96. The summed E-state index contributed by atoms with van der Waals surface area (Å²) in [6.45, 7) is 0. The van der Waals surface area contributed by atoms with Crippen molar-refractivity contribution in [3.8, 4) is 23.1 Å². The summed E-state index contributed by atoms with van der Waals surface area (Å²) in [5.74, 6) is 0.406. The minimum absolute atomic E-state index is 0.338. The van der Waals surface area contributed by atoms with Crippen LogP contribution in [0.5, 0.6) is 5.75 Å². The first-order chi connectivity index (χ1) is 11.7. The van der Waals surface area contributed by atoms with Gasteiger partial charge >= 0.3 is 0 Å². The van der Waals surface area contributed by atoms with Crippen LogP contribution in [0.3, 0.4) is 0 Å². The monoisotopic (exact) mass is 336 g/mol. The summed E-state index contributed by atoms with van der Waals surface area (Å²) < 4.78 is 18.9. The summed E-state index contributed by atoms with van der Waals surface area (Å²) in [6.07, 6.45) is 1.52. The molecule has 1 heterocycles. The van der Waals surface area contributed by atoms with E-state index in [1.807, 2.05) is 29.6 Å². The van der Waals surface area contributed by atoms with Crippen LogP contribution >= 0.6 is 11.3 Å². The number of hydrogen-bond donors (Lipinski definition) is 0. The third-order valence-corrected chi connectivity index (χ3v) is 4.32. The number of rotatable bonds is 4. The van der Waals surface area contributed by atoms with Gasteiger partial charge in [0.25, 0.3) is 0 Å². The predicted molar refractivity (Wildman–Crippen MR) is 94.0 cm³/mol. The van der Waals surface area contributed by atoms with Crippen LogP contribution in [0.15, 0.2) is 53.9 Å². The van der Waals surface area contributed by atoms with Crippen molar-refractivity contribution in [1.82, 2.24) is 4.98 Å². The molecule has 24 heavy (non-hydrogen) atoms. The molecule has 0 N–H and O–H groups in total. The molecule has 0 atom stereocenters. The molecule has 0 amide bonds. The van der Waals surface area contributed by atoms with Gasteiger partial charge in [-0.15, -0.1) is 11.3 Å². The molecule has 2 aromatic carbocycles. The van der Waals surface area contributed by atoms with Gasteiger partial charge < -0.3 is 4.74 Å². The molecule has 0 spiro atoms. The number of nitriles is 1. The van der Waals surface area contributed by atoms with Crippen LogP contribution < -0.4 is 4.74 Å². The Labute approximate surface area is 143 Å². The van der Waals surface area contributed by atoms with E-state index in [0.29, 0.717) is 16.1 Å². The molecule has 0 saturated heterocycles. The van der Waals surface area contributed by atoms with Crippen molar-refractivity contribution >= 4 is 23.0 Å². The van der Waals surface area contributed by atoms with Gasteiger partial charge in [-0.3, -0.25) is 0 Å². The Morgan fingerprint density at radius 1 is 1.21 bits per heavy atom. The zero-order valence-electron chi connectivity index (χ0n) is 12.9. The molecule has 0 aliphatic heterocycles. The zero-order valence-corrected chi connectivity index (χ0v) is 13.7. The van der Waals surface area contributed by atoms with E-state index < -0.39 is 0 Å². The van der Waals surface area contributed by atoms with Gasteiger partial charge in [-0.25, -0.2) is 9.37 Å². The van der Waals surface area contributed by atoms with Crippen LogP contribution in [0.2, 0.25) is 0 Å². The smallest absolute Gasteiger partial charge is 0.134 e. The summed E-state index contributed by atoms with van der Waals surface area (Å²) in [5, 5.41) is 11.8. The minimum Gasteiger partial charge on any atom is -0.497 e. The molecular weight excluding hydrogens is 323 g/mol. The van der Waals surface area contributed by atoms with Crippen LogP contribution in [0.25, 0.3) is 22.9 Å². The molecule has 0 unspecified atom stereocenters. The van der Waals surface area contributed by atoms with Gasteiger partial charge in [0.1, 0.15) is 22.6 Å². The molecule has 118 valence electrons. The van der Waals surface area contributed by atoms with Gasteiger partial charge in [0, 0.05) is 16.5 Å². The van der Waals surface area contributed by atoms with Crippen molar-refractivity contribution in [3.63, 3.8) is 0 Å². The highest BCUT2D eigenvalue weighted by Gasteiger charge is 2.10. The lowest BCUT2D eigenvalue weighted by molar-refractivity contribution is 0.415. The van der Waals surface area contributed by atoms with Crippen LogP contribution in [0, 0.1) is 17.1 Å². The van der Waals surface area contributed by atoms with Crippen molar-refractivity contribution in [1.29, 1.82) is 5.26 Å². The van der Waals surface area contributed by atoms with Crippen molar-refractivity contribution in [3.05, 3.63) is 70.3 Å². The van der Waals surface area contributed by atoms with Gasteiger partial charge in [-0.2, -0.15) is 5.26 Å². The van der Waals surface area contributed by atoms with Crippen molar-refractivity contribution < 1.29 is 9.13 Å². The minimum atomic E-state index is -0.364. The number of halogens is 1. The second-order valence-corrected chi connectivity index (χ2v) is 5.82. The SMILES string of the molecule is COc1ccc(-c2csc(/C(C#N)=C/c3ccccc3F)n2)cc1. The fraction of sp³-hybridized carbons (Fsp3) is 0.0526. The molecule has 3 rings (SSSR count). The topological polar surface area (TPSA) is 45.9 Å². The van der Waals surface area contributed by atoms with E-state index in [1.54, 1.807) is 25.3 Å². The summed E-state index contributed by atoms with van der Waals surface area (Å²) in [5.41, 5.74) is 2.41. The quantitative estimate of drug-likeness (QED) is 0.628. The van der Waals surface area contributed by atoms with Gasteiger partial charge in [0.2, 0.25) is 0 Å². The molecule has 5 heteroatoms. The van der Waals surface area contributed by atoms with Crippen molar-refractivity contribution in [2.75, 3.05) is 7.11 Å². The highest BCUT2D eigenvalue weighted by Crippen LogP contribution is 2.28. The molecule has 3 nitrogen and oxygen atoms in total. The van der Waals surface area contributed by atoms with E-state index in [1.165, 1.54) is 23.5 Å². The largest absolute Gasteiger partial charge is 0.497 e. The molecule has 3 aromatic rings. The first-order valence-corrected chi connectivity index (χ1v) is 8.06. The number of nitrogens with zero attached hydrogens (tertiary/aromatic N) is 2. The fourth-order valence-electron chi connectivity index (χ4n) is 2.18. The molecule has 0 fully saturated rings. The van der Waals surface area contributed by atoms with Gasteiger partial charge in [-0.1, -0.05) is 18.2 Å². The third kappa shape index (κ3) is 3.34. The molecule has 1 aromatic heterocycles. The highest BCUT2D eigenvalue weighted by atomic mass is 32.1. The van der Waals surface area contributed by atoms with E-state index in [0.717, 1.165) is 17.0 Å². The maximum atomic E-state index is 13.8. The summed E-state index contributed by atoms with van der Waals surface area (Å²) in [4.78, 5) is 4.50.